The van der Waals surface area contributed by atoms with E-state index in [0.717, 1.165) is 24.6 Å². The van der Waals surface area contributed by atoms with E-state index in [1.807, 2.05) is 6.07 Å². The van der Waals surface area contributed by atoms with E-state index in [2.05, 4.69) is 10.6 Å². The van der Waals surface area contributed by atoms with E-state index in [4.69, 9.17) is 11.6 Å². The number of rotatable bonds is 5. The van der Waals surface area contributed by atoms with Gasteiger partial charge in [0.15, 0.2) is 0 Å². The molecule has 0 spiro atoms. The smallest absolute Gasteiger partial charge is 0.228 e. The van der Waals surface area contributed by atoms with Gasteiger partial charge in [0, 0.05) is 23.0 Å². The molecule has 4 rings (SSSR count). The molecule has 1 amide bonds. The van der Waals surface area contributed by atoms with Crippen molar-refractivity contribution in [2.45, 2.75) is 31.2 Å². The molecule has 2 aliphatic carbocycles. The molecule has 2 fully saturated rings. The molecule has 0 heterocycles. The summed E-state index contributed by atoms with van der Waals surface area (Å²) in [6.45, 7) is 0. The van der Waals surface area contributed by atoms with E-state index in [1.165, 1.54) is 12.1 Å². The van der Waals surface area contributed by atoms with Crippen LogP contribution in [0.15, 0.2) is 36.4 Å². The van der Waals surface area contributed by atoms with Crippen molar-refractivity contribution in [3.63, 3.8) is 0 Å². The summed E-state index contributed by atoms with van der Waals surface area (Å²) in [4.78, 5) is 12.5. The van der Waals surface area contributed by atoms with Crippen LogP contribution in [0.2, 0.25) is 5.02 Å². The van der Waals surface area contributed by atoms with Crippen LogP contribution in [0.4, 0.5) is 20.2 Å². The van der Waals surface area contributed by atoms with Crippen LogP contribution in [0, 0.1) is 17.6 Å². The second kappa shape index (κ2) is 6.30. The average Bonchev–Trinajstić information content (AvgIpc) is 3.44. The first kappa shape index (κ1) is 16.3. The number of halogens is 3. The Morgan fingerprint density at radius 2 is 1.88 bits per heavy atom. The number of carbonyl (C=O) groups is 1. The quantitative estimate of drug-likeness (QED) is 0.791. The van der Waals surface area contributed by atoms with Gasteiger partial charge >= 0.3 is 0 Å². The van der Waals surface area contributed by atoms with Gasteiger partial charge in [-0.1, -0.05) is 17.7 Å². The van der Waals surface area contributed by atoms with Gasteiger partial charge in [0.1, 0.15) is 11.6 Å². The molecule has 2 atom stereocenters. The Bertz CT molecular complexity index is 838. The molecule has 2 saturated carbocycles. The Balaban J connectivity index is 1.47. The maximum atomic E-state index is 13.9. The SMILES string of the molecule is O=C(Nc1cc(Cl)ccc1NC1CC1)[C@H]1C[C@H]1c1ccc(F)cc1F. The molecule has 2 aromatic carbocycles. The summed E-state index contributed by atoms with van der Waals surface area (Å²) in [5, 5.41) is 6.79. The van der Waals surface area contributed by atoms with Crippen molar-refractivity contribution < 1.29 is 13.6 Å². The fourth-order valence-electron chi connectivity index (χ4n) is 3.05. The molecule has 2 N–H and O–H groups in total. The van der Waals surface area contributed by atoms with E-state index < -0.39 is 11.6 Å². The predicted octanol–water partition coefficient (Wildman–Crippen LogP) is 4.93. The molecule has 0 aliphatic heterocycles. The van der Waals surface area contributed by atoms with Gasteiger partial charge in [-0.25, -0.2) is 8.78 Å². The fraction of sp³-hybridized carbons (Fsp3) is 0.316. The van der Waals surface area contributed by atoms with Gasteiger partial charge in [-0.05, 0) is 55.0 Å². The van der Waals surface area contributed by atoms with Gasteiger partial charge in [-0.3, -0.25) is 4.79 Å². The molecule has 0 bridgehead atoms. The van der Waals surface area contributed by atoms with Gasteiger partial charge in [0.25, 0.3) is 0 Å². The lowest BCUT2D eigenvalue weighted by Crippen LogP contribution is -2.16. The molecular weight excluding hydrogens is 346 g/mol. The van der Waals surface area contributed by atoms with Crippen LogP contribution < -0.4 is 10.6 Å². The minimum atomic E-state index is -0.613. The number of anilines is 2. The first-order valence-electron chi connectivity index (χ1n) is 8.33. The second-order valence-electron chi connectivity index (χ2n) is 6.71. The third kappa shape index (κ3) is 3.61. The van der Waals surface area contributed by atoms with Crippen molar-refractivity contribution in [2.75, 3.05) is 10.6 Å². The molecule has 0 saturated heterocycles. The topological polar surface area (TPSA) is 41.1 Å². The summed E-state index contributed by atoms with van der Waals surface area (Å²) in [5.74, 6) is -1.90. The first-order chi connectivity index (χ1) is 12.0. The van der Waals surface area contributed by atoms with Gasteiger partial charge in [0.05, 0.1) is 11.4 Å². The third-order valence-electron chi connectivity index (χ3n) is 4.67. The van der Waals surface area contributed by atoms with E-state index in [1.54, 1.807) is 12.1 Å². The highest BCUT2D eigenvalue weighted by atomic mass is 35.5. The van der Waals surface area contributed by atoms with Crippen molar-refractivity contribution in [3.8, 4) is 0 Å². The lowest BCUT2D eigenvalue weighted by atomic mass is 10.1. The molecule has 3 nitrogen and oxygen atoms in total. The molecule has 25 heavy (non-hydrogen) atoms. The van der Waals surface area contributed by atoms with Crippen molar-refractivity contribution in [2.24, 2.45) is 5.92 Å². The molecule has 0 unspecified atom stereocenters. The molecule has 0 aromatic heterocycles. The monoisotopic (exact) mass is 362 g/mol. The maximum Gasteiger partial charge on any atom is 0.228 e. The Hall–Kier alpha value is -2.14. The Labute approximate surface area is 149 Å². The summed E-state index contributed by atoms with van der Waals surface area (Å²) in [6.07, 6.45) is 2.79. The normalized spacial score (nSPS) is 21.7. The highest BCUT2D eigenvalue weighted by Gasteiger charge is 2.45. The zero-order valence-electron chi connectivity index (χ0n) is 13.4. The van der Waals surface area contributed by atoms with Crippen molar-refractivity contribution in [3.05, 3.63) is 58.6 Å². The minimum absolute atomic E-state index is 0.171. The summed E-state index contributed by atoms with van der Waals surface area (Å²) in [7, 11) is 0. The van der Waals surface area contributed by atoms with E-state index in [9.17, 15) is 13.6 Å². The molecule has 130 valence electrons. The Morgan fingerprint density at radius 3 is 2.60 bits per heavy atom. The van der Waals surface area contributed by atoms with E-state index in [0.29, 0.717) is 28.7 Å². The molecule has 0 radical (unpaired) electrons. The summed E-state index contributed by atoms with van der Waals surface area (Å²) >= 11 is 6.04. The summed E-state index contributed by atoms with van der Waals surface area (Å²) < 4.78 is 26.9. The van der Waals surface area contributed by atoms with Crippen LogP contribution in [-0.4, -0.2) is 11.9 Å². The minimum Gasteiger partial charge on any atom is -0.381 e. The molecule has 6 heteroatoms. The van der Waals surface area contributed by atoms with Crippen molar-refractivity contribution in [1.82, 2.24) is 0 Å². The van der Waals surface area contributed by atoms with Crippen LogP contribution in [0.3, 0.4) is 0 Å². The molecule has 2 aliphatic rings. The van der Waals surface area contributed by atoms with Crippen LogP contribution >= 0.6 is 11.6 Å². The van der Waals surface area contributed by atoms with Gasteiger partial charge < -0.3 is 10.6 Å². The van der Waals surface area contributed by atoms with Crippen molar-refractivity contribution >= 4 is 28.9 Å². The number of hydrogen-bond acceptors (Lipinski definition) is 2. The van der Waals surface area contributed by atoms with Gasteiger partial charge in [-0.2, -0.15) is 0 Å². The Morgan fingerprint density at radius 1 is 1.08 bits per heavy atom. The third-order valence-corrected chi connectivity index (χ3v) is 4.90. The number of amides is 1. The number of hydrogen-bond donors (Lipinski definition) is 2. The standard InChI is InChI=1S/C19H17ClF2N2O/c20-10-1-6-17(23-12-3-4-12)18(7-10)24-19(25)15-9-14(15)13-5-2-11(21)8-16(13)22/h1-2,5-8,12,14-15,23H,3-4,9H2,(H,24,25)/t14-,15-/m0/s1. The first-order valence-corrected chi connectivity index (χ1v) is 8.71. The second-order valence-corrected chi connectivity index (χ2v) is 7.15. The molecule has 2 aromatic rings. The number of benzene rings is 2. The number of carbonyl (C=O) groups excluding carboxylic acids is 1. The van der Waals surface area contributed by atoms with Crippen LogP contribution in [0.5, 0.6) is 0 Å². The van der Waals surface area contributed by atoms with Crippen molar-refractivity contribution in [1.29, 1.82) is 0 Å². The highest BCUT2D eigenvalue weighted by molar-refractivity contribution is 6.31. The van der Waals surface area contributed by atoms with E-state index in [-0.39, 0.29) is 17.7 Å². The van der Waals surface area contributed by atoms with E-state index >= 15 is 0 Å². The zero-order valence-corrected chi connectivity index (χ0v) is 14.1. The van der Waals surface area contributed by atoms with Crippen LogP contribution in [-0.2, 0) is 4.79 Å². The largest absolute Gasteiger partial charge is 0.381 e. The van der Waals surface area contributed by atoms with Crippen LogP contribution in [0.1, 0.15) is 30.7 Å². The summed E-state index contributed by atoms with van der Waals surface area (Å²) in [5.41, 5.74) is 1.86. The molecular formula is C19H17ClF2N2O. The lowest BCUT2D eigenvalue weighted by Gasteiger charge is -2.13. The predicted molar refractivity (Wildman–Crippen MR) is 93.9 cm³/mol. The Kier molecular flexibility index (Phi) is 4.12. The average molecular weight is 363 g/mol. The lowest BCUT2D eigenvalue weighted by molar-refractivity contribution is -0.117. The fourth-order valence-corrected chi connectivity index (χ4v) is 3.22. The van der Waals surface area contributed by atoms with Crippen LogP contribution in [0.25, 0.3) is 0 Å². The van der Waals surface area contributed by atoms with Gasteiger partial charge in [-0.15, -0.1) is 0 Å². The summed E-state index contributed by atoms with van der Waals surface area (Å²) in [6, 6.07) is 9.27. The zero-order chi connectivity index (χ0) is 17.6. The number of nitrogens with one attached hydrogen (secondary N) is 2. The highest BCUT2D eigenvalue weighted by Crippen LogP contribution is 2.49. The van der Waals surface area contributed by atoms with Gasteiger partial charge in [0.2, 0.25) is 5.91 Å². The maximum absolute atomic E-state index is 13.9.